The van der Waals surface area contributed by atoms with Crippen LogP contribution in [0.15, 0.2) is 42.6 Å². The first-order valence-corrected chi connectivity index (χ1v) is 7.95. The third kappa shape index (κ3) is 5.86. The molecule has 0 saturated heterocycles. The van der Waals surface area contributed by atoms with Gasteiger partial charge in [0.1, 0.15) is 5.69 Å². The first-order chi connectivity index (χ1) is 10.6. The summed E-state index contributed by atoms with van der Waals surface area (Å²) in [5, 5.41) is 0.794. The van der Waals surface area contributed by atoms with Crippen LogP contribution in [0, 0.1) is 0 Å². The number of hydrogen-bond donors (Lipinski definition) is 1. The maximum atomic E-state index is 11.2. The van der Waals surface area contributed by atoms with Gasteiger partial charge in [0, 0.05) is 11.2 Å². The van der Waals surface area contributed by atoms with Crippen molar-refractivity contribution < 1.29 is 4.79 Å². The predicted octanol–water partition coefficient (Wildman–Crippen LogP) is 4.43. The van der Waals surface area contributed by atoms with E-state index in [-0.39, 0.29) is 0 Å². The second kappa shape index (κ2) is 9.96. The number of hydrogen-bond acceptors (Lipinski definition) is 2. The average molecular weight is 319 g/mol. The fourth-order valence-electron chi connectivity index (χ4n) is 2.16. The molecule has 0 fully saturated rings. The Morgan fingerprint density at radius 2 is 1.86 bits per heavy atom. The fraction of sp³-hybridized carbons (Fsp3) is 0.333. The van der Waals surface area contributed by atoms with Gasteiger partial charge in [0.15, 0.2) is 0 Å². The number of halogens is 1. The van der Waals surface area contributed by atoms with Crippen molar-refractivity contribution in [2.24, 2.45) is 5.73 Å². The highest BCUT2D eigenvalue weighted by atomic mass is 35.5. The lowest BCUT2D eigenvalue weighted by Crippen LogP contribution is -2.17. The van der Waals surface area contributed by atoms with E-state index >= 15 is 0 Å². The number of aromatic nitrogens is 1. The van der Waals surface area contributed by atoms with Crippen molar-refractivity contribution in [2.75, 3.05) is 0 Å². The van der Waals surface area contributed by atoms with Crippen LogP contribution in [0.3, 0.4) is 0 Å². The summed E-state index contributed by atoms with van der Waals surface area (Å²) in [6.45, 7) is 4.18. The minimum Gasteiger partial charge on any atom is -0.364 e. The molecule has 118 valence electrons. The van der Waals surface area contributed by atoms with Crippen LogP contribution in [0.5, 0.6) is 0 Å². The fourth-order valence-corrected chi connectivity index (χ4v) is 2.30. The van der Waals surface area contributed by atoms with E-state index in [1.807, 2.05) is 43.3 Å². The van der Waals surface area contributed by atoms with Crippen molar-refractivity contribution in [2.45, 2.75) is 39.5 Å². The molecule has 3 nitrogen and oxygen atoms in total. The number of pyridine rings is 1. The van der Waals surface area contributed by atoms with E-state index in [4.69, 9.17) is 17.3 Å². The molecule has 0 spiro atoms. The topological polar surface area (TPSA) is 56.0 Å². The molecular weight excluding hydrogens is 296 g/mol. The highest BCUT2D eigenvalue weighted by Gasteiger charge is 2.11. The highest BCUT2D eigenvalue weighted by molar-refractivity contribution is 6.30. The molecule has 2 N–H and O–H groups in total. The maximum absolute atomic E-state index is 11.2. The maximum Gasteiger partial charge on any atom is 0.267 e. The summed E-state index contributed by atoms with van der Waals surface area (Å²) in [5.41, 5.74) is 7.95. The van der Waals surface area contributed by atoms with Crippen molar-refractivity contribution in [1.82, 2.24) is 4.98 Å². The van der Waals surface area contributed by atoms with Crippen LogP contribution in [-0.2, 0) is 12.8 Å². The number of aryl methyl sites for hydroxylation is 1. The molecular formula is C18H23ClN2O. The number of carbonyl (C=O) groups is 1. The van der Waals surface area contributed by atoms with Gasteiger partial charge in [-0.05, 0) is 48.6 Å². The van der Waals surface area contributed by atoms with Crippen LogP contribution in [0.4, 0.5) is 0 Å². The molecule has 2 rings (SSSR count). The van der Waals surface area contributed by atoms with Gasteiger partial charge < -0.3 is 5.73 Å². The minimum atomic E-state index is -0.426. The SMILES string of the molecule is CCCCc1ccnc(C(N)=O)c1CC.Clc1ccccc1. The number of nitrogens with zero attached hydrogens (tertiary/aromatic N) is 1. The molecule has 0 radical (unpaired) electrons. The molecule has 0 unspecified atom stereocenters. The Balaban J connectivity index is 0.000000287. The molecule has 1 amide bonds. The van der Waals surface area contributed by atoms with Gasteiger partial charge in [-0.1, -0.05) is 50.1 Å². The quantitative estimate of drug-likeness (QED) is 0.886. The number of unbranched alkanes of at least 4 members (excludes halogenated alkanes) is 1. The molecule has 0 bridgehead atoms. The Hall–Kier alpha value is -1.87. The summed E-state index contributed by atoms with van der Waals surface area (Å²) in [6, 6.07) is 11.4. The smallest absolute Gasteiger partial charge is 0.267 e. The van der Waals surface area contributed by atoms with Crippen LogP contribution in [-0.4, -0.2) is 10.9 Å². The molecule has 0 atom stereocenters. The summed E-state index contributed by atoms with van der Waals surface area (Å²) in [5.74, 6) is -0.426. The van der Waals surface area contributed by atoms with Crippen LogP contribution in [0.25, 0.3) is 0 Å². The largest absolute Gasteiger partial charge is 0.364 e. The normalized spacial score (nSPS) is 9.77. The molecule has 0 aliphatic carbocycles. The predicted molar refractivity (Wildman–Crippen MR) is 92.2 cm³/mol. The number of nitrogens with two attached hydrogens (primary N) is 1. The van der Waals surface area contributed by atoms with Crippen LogP contribution < -0.4 is 5.73 Å². The summed E-state index contributed by atoms with van der Waals surface area (Å²) in [4.78, 5) is 15.2. The molecule has 0 aliphatic heterocycles. The Morgan fingerprint density at radius 1 is 1.18 bits per heavy atom. The molecule has 0 saturated carbocycles. The van der Waals surface area contributed by atoms with Gasteiger partial charge in [-0.15, -0.1) is 0 Å². The summed E-state index contributed by atoms with van der Waals surface area (Å²) in [6.07, 6.45) is 5.77. The molecule has 0 aliphatic rings. The first kappa shape index (κ1) is 18.2. The zero-order valence-electron chi connectivity index (χ0n) is 13.2. The van der Waals surface area contributed by atoms with E-state index in [0.717, 1.165) is 36.3 Å². The molecule has 4 heteroatoms. The Labute approximate surface area is 137 Å². The molecule has 1 heterocycles. The summed E-state index contributed by atoms with van der Waals surface area (Å²) < 4.78 is 0. The lowest BCUT2D eigenvalue weighted by Gasteiger charge is -2.09. The van der Waals surface area contributed by atoms with E-state index in [2.05, 4.69) is 11.9 Å². The number of carbonyl (C=O) groups excluding carboxylic acids is 1. The van der Waals surface area contributed by atoms with E-state index < -0.39 is 5.91 Å². The molecule has 2 aromatic rings. The summed E-state index contributed by atoms with van der Waals surface area (Å²) in [7, 11) is 0. The number of benzene rings is 1. The van der Waals surface area contributed by atoms with E-state index in [0.29, 0.717) is 5.69 Å². The zero-order chi connectivity index (χ0) is 16.4. The lowest BCUT2D eigenvalue weighted by atomic mass is 9.99. The Kier molecular flexibility index (Phi) is 8.23. The van der Waals surface area contributed by atoms with Gasteiger partial charge in [-0.2, -0.15) is 0 Å². The third-order valence-electron chi connectivity index (χ3n) is 3.27. The van der Waals surface area contributed by atoms with Gasteiger partial charge in [0.05, 0.1) is 0 Å². The van der Waals surface area contributed by atoms with Crippen molar-refractivity contribution in [1.29, 1.82) is 0 Å². The highest BCUT2D eigenvalue weighted by Crippen LogP contribution is 2.15. The first-order valence-electron chi connectivity index (χ1n) is 7.57. The number of rotatable bonds is 5. The molecule has 1 aromatic carbocycles. The zero-order valence-corrected chi connectivity index (χ0v) is 13.9. The van der Waals surface area contributed by atoms with E-state index in [1.165, 1.54) is 5.56 Å². The van der Waals surface area contributed by atoms with Crippen LogP contribution in [0.1, 0.15) is 48.3 Å². The average Bonchev–Trinajstić information content (AvgIpc) is 2.53. The minimum absolute atomic E-state index is 0.426. The molecule has 1 aromatic heterocycles. The van der Waals surface area contributed by atoms with Crippen molar-refractivity contribution in [3.8, 4) is 0 Å². The van der Waals surface area contributed by atoms with Crippen molar-refractivity contribution in [3.63, 3.8) is 0 Å². The van der Waals surface area contributed by atoms with Gasteiger partial charge in [-0.25, -0.2) is 0 Å². The monoisotopic (exact) mass is 318 g/mol. The van der Waals surface area contributed by atoms with E-state index in [1.54, 1.807) is 6.20 Å². The lowest BCUT2D eigenvalue weighted by molar-refractivity contribution is 0.0994. The number of amides is 1. The standard InChI is InChI=1S/C12H18N2O.C6H5Cl/c1-3-5-6-9-7-8-14-11(12(13)15)10(9)4-2;7-6-4-2-1-3-5-6/h7-8H,3-6H2,1-2H3,(H2,13,15);1-5H. The number of primary amides is 1. The van der Waals surface area contributed by atoms with Gasteiger partial charge in [-0.3, -0.25) is 9.78 Å². The summed E-state index contributed by atoms with van der Waals surface area (Å²) >= 11 is 5.54. The molecule has 22 heavy (non-hydrogen) atoms. The van der Waals surface area contributed by atoms with Crippen molar-refractivity contribution >= 4 is 17.5 Å². The van der Waals surface area contributed by atoms with Gasteiger partial charge in [0.25, 0.3) is 5.91 Å². The second-order valence-corrected chi connectivity index (χ2v) is 5.35. The van der Waals surface area contributed by atoms with Gasteiger partial charge in [0.2, 0.25) is 0 Å². The van der Waals surface area contributed by atoms with Crippen molar-refractivity contribution in [3.05, 3.63) is 64.4 Å². The van der Waals surface area contributed by atoms with Crippen LogP contribution in [0.2, 0.25) is 5.02 Å². The Morgan fingerprint density at radius 3 is 2.32 bits per heavy atom. The second-order valence-electron chi connectivity index (χ2n) is 4.91. The third-order valence-corrected chi connectivity index (χ3v) is 3.52. The van der Waals surface area contributed by atoms with Gasteiger partial charge >= 0.3 is 0 Å². The van der Waals surface area contributed by atoms with E-state index in [9.17, 15) is 4.79 Å². The van der Waals surface area contributed by atoms with Crippen LogP contribution >= 0.6 is 11.6 Å². The Bertz CT molecular complexity index is 585.